The number of nitrogens with one attached hydrogen (secondary N) is 2. The summed E-state index contributed by atoms with van der Waals surface area (Å²) in [5.41, 5.74) is 1.63. The van der Waals surface area contributed by atoms with Gasteiger partial charge in [-0.3, -0.25) is 4.79 Å². The maximum absolute atomic E-state index is 14.5. The van der Waals surface area contributed by atoms with Crippen molar-refractivity contribution in [3.8, 4) is 17.2 Å². The number of halogens is 2. The summed E-state index contributed by atoms with van der Waals surface area (Å²) in [5.74, 6) is -0.584. The Bertz CT molecular complexity index is 1140. The van der Waals surface area contributed by atoms with Gasteiger partial charge in [0.15, 0.2) is 17.3 Å². The molecule has 31 heavy (non-hydrogen) atoms. The molecule has 160 valence electrons. The second-order valence-corrected chi connectivity index (χ2v) is 7.50. The number of fused-ring (bicyclic) bond motifs is 1. The van der Waals surface area contributed by atoms with Gasteiger partial charge >= 0.3 is 0 Å². The number of rotatable bonds is 4. The van der Waals surface area contributed by atoms with Gasteiger partial charge in [0, 0.05) is 23.7 Å². The van der Waals surface area contributed by atoms with Crippen LogP contribution in [0.3, 0.4) is 0 Å². The van der Waals surface area contributed by atoms with E-state index in [2.05, 4.69) is 15.7 Å². The minimum Gasteiger partial charge on any atom is -0.454 e. The molecule has 2 N–H and O–H groups in total. The van der Waals surface area contributed by atoms with Crippen molar-refractivity contribution in [3.63, 3.8) is 0 Å². The molecule has 0 aliphatic carbocycles. The summed E-state index contributed by atoms with van der Waals surface area (Å²) < 4.78 is 40.0. The predicted molar refractivity (Wildman–Crippen MR) is 109 cm³/mol. The second-order valence-electron chi connectivity index (χ2n) is 7.50. The lowest BCUT2D eigenvalue weighted by molar-refractivity contribution is 0.102. The monoisotopic (exact) mass is 426 g/mol. The van der Waals surface area contributed by atoms with E-state index in [-0.39, 0.29) is 24.3 Å². The van der Waals surface area contributed by atoms with Gasteiger partial charge in [-0.05, 0) is 50.2 Å². The number of ether oxygens (including phenoxy) is 2. The fourth-order valence-electron chi connectivity index (χ4n) is 4.04. The number of hydrogen-bond acceptors (Lipinski definition) is 5. The standard InChI is InChI=1S/C22H20F2N4O3/c23-14-1-3-18(17(24)9-14)28-21(13-5-7-25-8-6-13)16(11-26-28)22(29)27-15-2-4-19-20(10-15)31-12-30-19/h1-4,9-11,13,25H,5-8,12H2,(H,27,29). The summed E-state index contributed by atoms with van der Waals surface area (Å²) in [4.78, 5) is 13.2. The molecule has 2 aromatic carbocycles. The molecule has 0 spiro atoms. The number of amides is 1. The number of piperidine rings is 1. The zero-order chi connectivity index (χ0) is 21.4. The van der Waals surface area contributed by atoms with E-state index in [0.717, 1.165) is 32.0 Å². The molecule has 0 saturated carbocycles. The number of anilines is 1. The summed E-state index contributed by atoms with van der Waals surface area (Å²) in [6.07, 6.45) is 2.99. The van der Waals surface area contributed by atoms with Gasteiger partial charge in [0.25, 0.3) is 5.91 Å². The lowest BCUT2D eigenvalue weighted by Crippen LogP contribution is -2.29. The third-order valence-electron chi connectivity index (χ3n) is 5.55. The van der Waals surface area contributed by atoms with Crippen molar-refractivity contribution in [2.24, 2.45) is 0 Å². The molecule has 2 aliphatic heterocycles. The Hall–Kier alpha value is -3.46. The Morgan fingerprint density at radius 1 is 1.10 bits per heavy atom. The Kier molecular flexibility index (Phi) is 5.03. The molecule has 0 unspecified atom stereocenters. The Morgan fingerprint density at radius 2 is 1.90 bits per heavy atom. The fraction of sp³-hybridized carbons (Fsp3) is 0.273. The van der Waals surface area contributed by atoms with Crippen LogP contribution in [0.25, 0.3) is 5.69 Å². The quantitative estimate of drug-likeness (QED) is 0.667. The van der Waals surface area contributed by atoms with Crippen LogP contribution in [0.2, 0.25) is 0 Å². The fourth-order valence-corrected chi connectivity index (χ4v) is 4.04. The zero-order valence-electron chi connectivity index (χ0n) is 16.5. The Labute approximate surface area is 177 Å². The molecule has 2 aliphatic rings. The van der Waals surface area contributed by atoms with E-state index >= 15 is 0 Å². The van der Waals surface area contributed by atoms with Crippen molar-refractivity contribution in [2.75, 3.05) is 25.2 Å². The van der Waals surface area contributed by atoms with Crippen molar-refractivity contribution >= 4 is 11.6 Å². The van der Waals surface area contributed by atoms with Crippen LogP contribution in [0.5, 0.6) is 11.5 Å². The average Bonchev–Trinajstić information content (AvgIpc) is 3.41. The minimum absolute atomic E-state index is 0.00528. The van der Waals surface area contributed by atoms with Crippen molar-refractivity contribution < 1.29 is 23.0 Å². The first kappa shape index (κ1) is 19.5. The van der Waals surface area contributed by atoms with E-state index < -0.39 is 11.6 Å². The highest BCUT2D eigenvalue weighted by Gasteiger charge is 2.28. The van der Waals surface area contributed by atoms with Crippen LogP contribution in [0.1, 0.15) is 34.8 Å². The topological polar surface area (TPSA) is 77.4 Å². The van der Waals surface area contributed by atoms with Gasteiger partial charge < -0.3 is 20.1 Å². The van der Waals surface area contributed by atoms with Crippen LogP contribution in [-0.4, -0.2) is 35.6 Å². The average molecular weight is 426 g/mol. The third-order valence-corrected chi connectivity index (χ3v) is 5.55. The van der Waals surface area contributed by atoms with Crippen molar-refractivity contribution in [3.05, 3.63) is 65.5 Å². The number of carbonyl (C=O) groups excluding carboxylic acids is 1. The van der Waals surface area contributed by atoms with Crippen LogP contribution in [0.15, 0.2) is 42.6 Å². The highest BCUT2D eigenvalue weighted by atomic mass is 19.1. The largest absolute Gasteiger partial charge is 0.454 e. The number of hydrogen-bond donors (Lipinski definition) is 2. The summed E-state index contributed by atoms with van der Waals surface area (Å²) >= 11 is 0. The molecule has 1 fully saturated rings. The predicted octanol–water partition coefficient (Wildman–Crippen LogP) is 3.60. The zero-order valence-corrected chi connectivity index (χ0v) is 16.5. The van der Waals surface area contributed by atoms with Crippen LogP contribution < -0.4 is 20.1 Å². The third kappa shape index (κ3) is 3.72. The van der Waals surface area contributed by atoms with E-state index in [9.17, 15) is 13.6 Å². The first-order valence-corrected chi connectivity index (χ1v) is 10.1. The molecule has 1 saturated heterocycles. The number of benzene rings is 2. The van der Waals surface area contributed by atoms with Gasteiger partial charge in [-0.1, -0.05) is 0 Å². The van der Waals surface area contributed by atoms with Crippen molar-refractivity contribution in [1.82, 2.24) is 15.1 Å². The van der Waals surface area contributed by atoms with Crippen LogP contribution in [0, 0.1) is 11.6 Å². The van der Waals surface area contributed by atoms with E-state index in [4.69, 9.17) is 9.47 Å². The maximum atomic E-state index is 14.5. The van der Waals surface area contributed by atoms with Crippen LogP contribution >= 0.6 is 0 Å². The SMILES string of the molecule is O=C(Nc1ccc2c(c1)OCO2)c1cnn(-c2ccc(F)cc2F)c1C1CCNCC1. The lowest BCUT2D eigenvalue weighted by Gasteiger charge is -2.24. The molecule has 9 heteroatoms. The van der Waals surface area contributed by atoms with E-state index in [1.54, 1.807) is 18.2 Å². The molecule has 5 rings (SSSR count). The number of aromatic nitrogens is 2. The van der Waals surface area contributed by atoms with Crippen molar-refractivity contribution in [1.29, 1.82) is 0 Å². The molecule has 1 amide bonds. The molecule has 0 radical (unpaired) electrons. The maximum Gasteiger partial charge on any atom is 0.259 e. The van der Waals surface area contributed by atoms with Crippen LogP contribution in [-0.2, 0) is 0 Å². The molecule has 0 bridgehead atoms. The molecule has 3 aromatic rings. The van der Waals surface area contributed by atoms with Gasteiger partial charge in [-0.2, -0.15) is 5.10 Å². The van der Waals surface area contributed by atoms with E-state index in [0.29, 0.717) is 28.4 Å². The van der Waals surface area contributed by atoms with Gasteiger partial charge in [-0.15, -0.1) is 0 Å². The molecular formula is C22H20F2N4O3. The molecular weight excluding hydrogens is 406 g/mol. The molecule has 1 aromatic heterocycles. The summed E-state index contributed by atoms with van der Waals surface area (Å²) in [6.45, 7) is 1.71. The second kappa shape index (κ2) is 7.99. The normalized spacial score (nSPS) is 15.8. The van der Waals surface area contributed by atoms with Crippen molar-refractivity contribution in [2.45, 2.75) is 18.8 Å². The summed E-state index contributed by atoms with van der Waals surface area (Å²) in [7, 11) is 0. The smallest absolute Gasteiger partial charge is 0.259 e. The minimum atomic E-state index is -0.735. The first-order valence-electron chi connectivity index (χ1n) is 10.1. The summed E-state index contributed by atoms with van der Waals surface area (Å²) in [5, 5.41) is 10.4. The van der Waals surface area contributed by atoms with Gasteiger partial charge in [-0.25, -0.2) is 13.5 Å². The van der Waals surface area contributed by atoms with E-state index in [1.165, 1.54) is 23.0 Å². The highest BCUT2D eigenvalue weighted by Crippen LogP contribution is 2.35. The van der Waals surface area contributed by atoms with Gasteiger partial charge in [0.05, 0.1) is 17.5 Å². The van der Waals surface area contributed by atoms with Gasteiger partial charge in [0.2, 0.25) is 6.79 Å². The number of nitrogens with zero attached hydrogens (tertiary/aromatic N) is 2. The van der Waals surface area contributed by atoms with E-state index in [1.807, 2.05) is 0 Å². The molecule has 3 heterocycles. The first-order chi connectivity index (χ1) is 15.1. The van der Waals surface area contributed by atoms with Gasteiger partial charge in [0.1, 0.15) is 11.5 Å². The summed E-state index contributed by atoms with van der Waals surface area (Å²) in [6, 6.07) is 8.47. The highest BCUT2D eigenvalue weighted by molar-refractivity contribution is 6.05. The van der Waals surface area contributed by atoms with Crippen LogP contribution in [0.4, 0.5) is 14.5 Å². The Balaban J connectivity index is 1.51. The lowest BCUT2D eigenvalue weighted by atomic mass is 9.91. The number of carbonyl (C=O) groups is 1. The Morgan fingerprint density at radius 3 is 2.71 bits per heavy atom. The molecule has 7 nitrogen and oxygen atoms in total. The molecule has 0 atom stereocenters.